The topological polar surface area (TPSA) is 61.6 Å². The Morgan fingerprint density at radius 1 is 1.62 bits per heavy atom. The highest BCUT2D eigenvalue weighted by atomic mass is 35.5. The zero-order chi connectivity index (χ0) is 9.84. The quantitative estimate of drug-likeness (QED) is 0.548. The maximum atomic E-state index is 11.1. The summed E-state index contributed by atoms with van der Waals surface area (Å²) < 4.78 is 14.2. The molecule has 0 atom stereocenters. The van der Waals surface area contributed by atoms with Gasteiger partial charge in [-0.05, 0) is 0 Å². The minimum Gasteiger partial charge on any atom is -0.467 e. The number of aromatic nitrogens is 1. The van der Waals surface area contributed by atoms with E-state index in [1.165, 1.54) is 14.2 Å². The molecule has 0 fully saturated rings. The second kappa shape index (κ2) is 4.13. The molecule has 1 rings (SSSR count). The lowest BCUT2D eigenvalue weighted by atomic mass is 10.5. The van der Waals surface area contributed by atoms with Gasteiger partial charge in [0.1, 0.15) is 0 Å². The van der Waals surface area contributed by atoms with Crippen molar-refractivity contribution in [2.24, 2.45) is 0 Å². The van der Waals surface area contributed by atoms with Crippen molar-refractivity contribution in [3.05, 3.63) is 11.6 Å². The molecule has 0 N–H and O–H groups in total. The van der Waals surface area contributed by atoms with Crippen LogP contribution < -0.4 is 4.74 Å². The number of methoxy groups -OCH3 is 2. The summed E-state index contributed by atoms with van der Waals surface area (Å²) in [6, 6.07) is 0. The van der Waals surface area contributed by atoms with Crippen molar-refractivity contribution in [2.75, 3.05) is 14.2 Å². The first-order valence-electron chi connectivity index (χ1n) is 3.41. The smallest absolute Gasteiger partial charge is 0.364 e. The van der Waals surface area contributed by atoms with E-state index in [4.69, 9.17) is 20.8 Å². The third kappa shape index (κ3) is 1.92. The van der Waals surface area contributed by atoms with Gasteiger partial charge < -0.3 is 13.9 Å². The Morgan fingerprint density at radius 3 is 2.77 bits per heavy atom. The predicted octanol–water partition coefficient (Wildman–Crippen LogP) is 1.21. The molecule has 0 amide bonds. The molecule has 1 aromatic heterocycles. The number of hydrogen-bond acceptors (Lipinski definition) is 5. The molecule has 72 valence electrons. The SMILES string of the molecule is COC(=O)c1nc(CCl)oc1OC. The van der Waals surface area contributed by atoms with Crippen LogP contribution in [-0.4, -0.2) is 25.2 Å². The van der Waals surface area contributed by atoms with E-state index < -0.39 is 5.97 Å². The van der Waals surface area contributed by atoms with Crippen molar-refractivity contribution in [1.82, 2.24) is 4.98 Å². The maximum Gasteiger partial charge on any atom is 0.364 e. The van der Waals surface area contributed by atoms with Gasteiger partial charge in [0.2, 0.25) is 11.6 Å². The number of halogens is 1. The molecule has 0 saturated carbocycles. The van der Waals surface area contributed by atoms with Crippen LogP contribution in [0.15, 0.2) is 4.42 Å². The van der Waals surface area contributed by atoms with E-state index in [0.717, 1.165) is 0 Å². The molecule has 0 spiro atoms. The van der Waals surface area contributed by atoms with Gasteiger partial charge >= 0.3 is 11.9 Å². The molecule has 0 unspecified atom stereocenters. The Kier molecular flexibility index (Phi) is 3.13. The fourth-order valence-electron chi connectivity index (χ4n) is 0.770. The third-order valence-corrected chi connectivity index (χ3v) is 1.55. The molecular formula is C7H8ClNO4. The van der Waals surface area contributed by atoms with Crippen molar-refractivity contribution in [3.63, 3.8) is 0 Å². The summed E-state index contributed by atoms with van der Waals surface area (Å²) in [6.45, 7) is 0. The van der Waals surface area contributed by atoms with Crippen molar-refractivity contribution < 1.29 is 18.7 Å². The normalized spacial score (nSPS) is 9.77. The number of esters is 1. The molecule has 0 bridgehead atoms. The third-order valence-electron chi connectivity index (χ3n) is 1.32. The number of rotatable bonds is 3. The molecule has 6 heteroatoms. The lowest BCUT2D eigenvalue weighted by Gasteiger charge is -1.95. The first-order valence-corrected chi connectivity index (χ1v) is 3.94. The first kappa shape index (κ1) is 9.85. The maximum absolute atomic E-state index is 11.1. The lowest BCUT2D eigenvalue weighted by molar-refractivity contribution is 0.0588. The number of nitrogens with zero attached hydrogens (tertiary/aromatic N) is 1. The van der Waals surface area contributed by atoms with E-state index in [2.05, 4.69) is 9.72 Å². The highest BCUT2D eigenvalue weighted by molar-refractivity contribution is 6.16. The number of carbonyl (C=O) groups excluding carboxylic acids is 1. The predicted molar refractivity (Wildman–Crippen MR) is 44.0 cm³/mol. The monoisotopic (exact) mass is 205 g/mol. The van der Waals surface area contributed by atoms with E-state index in [1.807, 2.05) is 0 Å². The highest BCUT2D eigenvalue weighted by Gasteiger charge is 2.20. The van der Waals surface area contributed by atoms with Gasteiger partial charge in [-0.2, -0.15) is 0 Å². The summed E-state index contributed by atoms with van der Waals surface area (Å²) in [4.78, 5) is 14.8. The Labute approximate surface area is 79.6 Å². The molecule has 1 heterocycles. The molecule has 1 aromatic rings. The van der Waals surface area contributed by atoms with Gasteiger partial charge in [-0.1, -0.05) is 0 Å². The average Bonchev–Trinajstić information content (AvgIpc) is 2.59. The summed E-state index contributed by atoms with van der Waals surface area (Å²) in [5.74, 6) is -0.300. The second-order valence-corrected chi connectivity index (χ2v) is 2.34. The lowest BCUT2D eigenvalue weighted by Crippen LogP contribution is -2.03. The summed E-state index contributed by atoms with van der Waals surface area (Å²) in [5, 5.41) is 0. The fraction of sp³-hybridized carbons (Fsp3) is 0.429. The van der Waals surface area contributed by atoms with Crippen LogP contribution in [0.2, 0.25) is 0 Å². The van der Waals surface area contributed by atoms with Gasteiger partial charge in [0.15, 0.2) is 0 Å². The highest BCUT2D eigenvalue weighted by Crippen LogP contribution is 2.21. The van der Waals surface area contributed by atoms with Crippen molar-refractivity contribution in [3.8, 4) is 5.95 Å². The molecule has 0 aromatic carbocycles. The zero-order valence-corrected chi connectivity index (χ0v) is 7.92. The molecule has 13 heavy (non-hydrogen) atoms. The van der Waals surface area contributed by atoms with E-state index in [1.54, 1.807) is 0 Å². The molecule has 0 radical (unpaired) electrons. The van der Waals surface area contributed by atoms with Crippen molar-refractivity contribution >= 4 is 17.6 Å². The van der Waals surface area contributed by atoms with Gasteiger partial charge in [-0.25, -0.2) is 9.78 Å². The van der Waals surface area contributed by atoms with E-state index in [9.17, 15) is 4.79 Å². The van der Waals surface area contributed by atoms with E-state index in [0.29, 0.717) is 0 Å². The first-order chi connectivity index (χ1) is 6.22. The summed E-state index contributed by atoms with van der Waals surface area (Å²) in [7, 11) is 2.61. The zero-order valence-electron chi connectivity index (χ0n) is 7.17. The number of hydrogen-bond donors (Lipinski definition) is 0. The Bertz CT molecular complexity index is 309. The van der Waals surface area contributed by atoms with Crippen LogP contribution >= 0.6 is 11.6 Å². The van der Waals surface area contributed by atoms with Crippen LogP contribution in [-0.2, 0) is 10.6 Å². The summed E-state index contributed by atoms with van der Waals surface area (Å²) in [5.41, 5.74) is 0.000602. The number of ether oxygens (including phenoxy) is 2. The molecule has 0 aliphatic rings. The average molecular weight is 206 g/mol. The van der Waals surface area contributed by atoms with Gasteiger partial charge in [-0.3, -0.25) is 0 Å². The van der Waals surface area contributed by atoms with Crippen LogP contribution in [0, 0.1) is 0 Å². The van der Waals surface area contributed by atoms with Crippen LogP contribution in [0.5, 0.6) is 5.95 Å². The molecular weight excluding hydrogens is 198 g/mol. The van der Waals surface area contributed by atoms with Gasteiger partial charge in [-0.15, -0.1) is 11.6 Å². The largest absolute Gasteiger partial charge is 0.467 e. The van der Waals surface area contributed by atoms with Gasteiger partial charge in [0.05, 0.1) is 20.1 Å². The molecule has 0 aliphatic carbocycles. The number of alkyl halides is 1. The summed E-state index contributed by atoms with van der Waals surface area (Å²) >= 11 is 5.45. The Morgan fingerprint density at radius 2 is 2.31 bits per heavy atom. The number of oxazole rings is 1. The fourth-order valence-corrected chi connectivity index (χ4v) is 0.884. The van der Waals surface area contributed by atoms with Crippen LogP contribution in [0.3, 0.4) is 0 Å². The Balaban J connectivity index is 3.03. The van der Waals surface area contributed by atoms with Crippen LogP contribution in [0.25, 0.3) is 0 Å². The van der Waals surface area contributed by atoms with Gasteiger partial charge in [0, 0.05) is 0 Å². The molecule has 0 aliphatic heterocycles. The van der Waals surface area contributed by atoms with Crippen LogP contribution in [0.1, 0.15) is 16.4 Å². The minimum atomic E-state index is -0.614. The van der Waals surface area contributed by atoms with E-state index in [-0.39, 0.29) is 23.4 Å². The molecule has 0 saturated heterocycles. The van der Waals surface area contributed by atoms with Crippen molar-refractivity contribution in [1.29, 1.82) is 0 Å². The standard InChI is InChI=1S/C7H8ClNO4/c1-11-6(10)5-7(12-2)13-4(3-8)9-5/h3H2,1-2H3. The molecule has 5 nitrogen and oxygen atoms in total. The van der Waals surface area contributed by atoms with E-state index >= 15 is 0 Å². The van der Waals surface area contributed by atoms with Crippen LogP contribution in [0.4, 0.5) is 0 Å². The van der Waals surface area contributed by atoms with Gasteiger partial charge in [0.25, 0.3) is 0 Å². The minimum absolute atomic E-state index is 0.000602. The van der Waals surface area contributed by atoms with Crippen molar-refractivity contribution in [2.45, 2.75) is 5.88 Å². The summed E-state index contributed by atoms with van der Waals surface area (Å²) in [6.07, 6.45) is 0. The Hall–Kier alpha value is -1.23. The number of carbonyl (C=O) groups is 1. The second-order valence-electron chi connectivity index (χ2n) is 2.07.